The molecule has 1 aromatic carbocycles. The summed E-state index contributed by atoms with van der Waals surface area (Å²) >= 11 is 1.52. The number of methoxy groups -OCH3 is 1. The molecule has 118 valence electrons. The van der Waals surface area contributed by atoms with E-state index in [1.165, 1.54) is 17.3 Å². The SMILES string of the molecule is COc1ccc(CNCc2ccc(Sc3ccccn3)o2)cc1. The van der Waals surface area contributed by atoms with Crippen molar-refractivity contribution in [2.75, 3.05) is 7.11 Å². The van der Waals surface area contributed by atoms with Gasteiger partial charge in [0.15, 0.2) is 5.09 Å². The molecule has 0 bridgehead atoms. The van der Waals surface area contributed by atoms with Crippen molar-refractivity contribution in [1.82, 2.24) is 10.3 Å². The van der Waals surface area contributed by atoms with Crippen molar-refractivity contribution in [3.8, 4) is 5.75 Å². The highest BCUT2D eigenvalue weighted by Gasteiger charge is 2.05. The van der Waals surface area contributed by atoms with Crippen molar-refractivity contribution in [3.05, 3.63) is 72.1 Å². The van der Waals surface area contributed by atoms with Crippen molar-refractivity contribution in [3.63, 3.8) is 0 Å². The van der Waals surface area contributed by atoms with E-state index in [1.807, 2.05) is 42.5 Å². The van der Waals surface area contributed by atoms with Gasteiger partial charge in [-0.25, -0.2) is 4.98 Å². The van der Waals surface area contributed by atoms with Crippen LogP contribution in [0.25, 0.3) is 0 Å². The van der Waals surface area contributed by atoms with E-state index in [1.54, 1.807) is 13.3 Å². The first kappa shape index (κ1) is 15.6. The van der Waals surface area contributed by atoms with Crippen LogP contribution >= 0.6 is 11.8 Å². The number of hydrogen-bond donors (Lipinski definition) is 1. The number of hydrogen-bond acceptors (Lipinski definition) is 5. The summed E-state index contributed by atoms with van der Waals surface area (Å²) in [6.45, 7) is 1.47. The summed E-state index contributed by atoms with van der Waals surface area (Å²) in [5.74, 6) is 1.79. The largest absolute Gasteiger partial charge is 0.497 e. The van der Waals surface area contributed by atoms with Crippen LogP contribution < -0.4 is 10.1 Å². The summed E-state index contributed by atoms with van der Waals surface area (Å²) in [6, 6.07) is 17.8. The molecule has 0 spiro atoms. The lowest BCUT2D eigenvalue weighted by molar-refractivity contribution is 0.413. The van der Waals surface area contributed by atoms with Crippen LogP contribution in [0.5, 0.6) is 5.75 Å². The van der Waals surface area contributed by atoms with E-state index in [4.69, 9.17) is 9.15 Å². The van der Waals surface area contributed by atoms with Gasteiger partial charge in [-0.05, 0) is 53.7 Å². The zero-order chi connectivity index (χ0) is 15.9. The Balaban J connectivity index is 1.49. The van der Waals surface area contributed by atoms with E-state index < -0.39 is 0 Å². The molecule has 0 atom stereocenters. The summed E-state index contributed by atoms with van der Waals surface area (Å²) in [4.78, 5) is 4.28. The van der Waals surface area contributed by atoms with E-state index in [2.05, 4.69) is 22.4 Å². The summed E-state index contributed by atoms with van der Waals surface area (Å²) < 4.78 is 11.0. The Hall–Kier alpha value is -2.24. The van der Waals surface area contributed by atoms with Gasteiger partial charge in [-0.1, -0.05) is 18.2 Å². The fourth-order valence-corrected chi connectivity index (χ4v) is 2.84. The Bertz CT molecular complexity index is 726. The lowest BCUT2D eigenvalue weighted by atomic mass is 10.2. The van der Waals surface area contributed by atoms with E-state index in [-0.39, 0.29) is 0 Å². The molecule has 0 saturated carbocycles. The number of furan rings is 1. The molecule has 0 fully saturated rings. The second-order valence-electron chi connectivity index (χ2n) is 4.94. The van der Waals surface area contributed by atoms with Crippen molar-refractivity contribution in [1.29, 1.82) is 0 Å². The molecule has 0 aliphatic rings. The van der Waals surface area contributed by atoms with Gasteiger partial charge in [0.1, 0.15) is 16.5 Å². The first-order valence-electron chi connectivity index (χ1n) is 7.35. The highest BCUT2D eigenvalue weighted by Crippen LogP contribution is 2.27. The van der Waals surface area contributed by atoms with Crippen molar-refractivity contribution >= 4 is 11.8 Å². The van der Waals surface area contributed by atoms with Crippen LogP contribution in [0, 0.1) is 0 Å². The third-order valence-corrected chi connectivity index (χ3v) is 4.14. The summed E-state index contributed by atoms with van der Waals surface area (Å²) in [5, 5.41) is 5.16. The Labute approximate surface area is 139 Å². The van der Waals surface area contributed by atoms with Gasteiger partial charge in [-0.15, -0.1) is 0 Å². The Kier molecular flexibility index (Phi) is 5.34. The minimum Gasteiger partial charge on any atom is -0.497 e. The van der Waals surface area contributed by atoms with Crippen molar-refractivity contribution in [2.45, 2.75) is 23.2 Å². The van der Waals surface area contributed by atoms with E-state index in [9.17, 15) is 0 Å². The van der Waals surface area contributed by atoms with Gasteiger partial charge < -0.3 is 14.5 Å². The van der Waals surface area contributed by atoms with Crippen LogP contribution in [0.4, 0.5) is 0 Å². The molecule has 5 heteroatoms. The van der Waals surface area contributed by atoms with E-state index >= 15 is 0 Å². The van der Waals surface area contributed by atoms with Gasteiger partial charge in [0.05, 0.1) is 13.7 Å². The molecule has 4 nitrogen and oxygen atoms in total. The fraction of sp³-hybridized carbons (Fsp3) is 0.167. The molecule has 0 saturated heterocycles. The van der Waals surface area contributed by atoms with E-state index in [0.29, 0.717) is 6.54 Å². The average Bonchev–Trinajstić information content (AvgIpc) is 3.04. The molecule has 2 heterocycles. The van der Waals surface area contributed by atoms with Gasteiger partial charge in [-0.3, -0.25) is 0 Å². The van der Waals surface area contributed by atoms with Gasteiger partial charge >= 0.3 is 0 Å². The Morgan fingerprint density at radius 1 is 1.04 bits per heavy atom. The van der Waals surface area contributed by atoms with Gasteiger partial charge in [-0.2, -0.15) is 0 Å². The molecule has 1 N–H and O–H groups in total. The topological polar surface area (TPSA) is 47.3 Å². The quantitative estimate of drug-likeness (QED) is 0.707. The number of nitrogens with zero attached hydrogens (tertiary/aromatic N) is 1. The third-order valence-electron chi connectivity index (χ3n) is 3.27. The maximum atomic E-state index is 5.80. The van der Waals surface area contributed by atoms with E-state index in [0.717, 1.165) is 28.2 Å². The van der Waals surface area contributed by atoms with Crippen LogP contribution in [-0.4, -0.2) is 12.1 Å². The standard InChI is InChI=1S/C18H18N2O2S/c1-21-15-7-5-14(6-8-15)12-19-13-16-9-10-18(22-16)23-17-4-2-3-11-20-17/h2-11,19H,12-13H2,1H3. The molecule has 0 aliphatic heterocycles. The van der Waals surface area contributed by atoms with Crippen LogP contribution in [0.1, 0.15) is 11.3 Å². The molecule has 3 aromatic rings. The number of ether oxygens (including phenoxy) is 1. The highest BCUT2D eigenvalue weighted by atomic mass is 32.2. The van der Waals surface area contributed by atoms with Crippen molar-refractivity contribution in [2.24, 2.45) is 0 Å². The number of nitrogens with one attached hydrogen (secondary N) is 1. The van der Waals surface area contributed by atoms with Crippen LogP contribution in [0.15, 0.2) is 75.3 Å². The summed E-state index contributed by atoms with van der Waals surface area (Å²) in [6.07, 6.45) is 1.78. The smallest absolute Gasteiger partial charge is 0.166 e. The minimum absolute atomic E-state index is 0.689. The molecule has 0 radical (unpaired) electrons. The molecule has 0 unspecified atom stereocenters. The fourth-order valence-electron chi connectivity index (χ4n) is 2.09. The molecular weight excluding hydrogens is 308 g/mol. The molecular formula is C18H18N2O2S. The predicted octanol–water partition coefficient (Wildman–Crippen LogP) is 4.12. The normalized spacial score (nSPS) is 10.7. The second kappa shape index (κ2) is 7.85. The molecule has 2 aromatic heterocycles. The van der Waals surface area contributed by atoms with Crippen LogP contribution in [0.2, 0.25) is 0 Å². The zero-order valence-corrected chi connectivity index (χ0v) is 13.7. The second-order valence-corrected chi connectivity index (χ2v) is 5.97. The number of aromatic nitrogens is 1. The first-order chi connectivity index (χ1) is 11.3. The number of benzene rings is 1. The van der Waals surface area contributed by atoms with Crippen LogP contribution in [0.3, 0.4) is 0 Å². The maximum absolute atomic E-state index is 5.80. The monoisotopic (exact) mass is 326 g/mol. The lowest BCUT2D eigenvalue weighted by Crippen LogP contribution is -2.11. The Morgan fingerprint density at radius 3 is 2.65 bits per heavy atom. The molecule has 0 aliphatic carbocycles. The van der Waals surface area contributed by atoms with Gasteiger partial charge in [0.2, 0.25) is 0 Å². The Morgan fingerprint density at radius 2 is 1.91 bits per heavy atom. The maximum Gasteiger partial charge on any atom is 0.166 e. The first-order valence-corrected chi connectivity index (χ1v) is 8.16. The molecule has 23 heavy (non-hydrogen) atoms. The van der Waals surface area contributed by atoms with Gasteiger partial charge in [0.25, 0.3) is 0 Å². The predicted molar refractivity (Wildman–Crippen MR) is 90.6 cm³/mol. The summed E-state index contributed by atoms with van der Waals surface area (Å²) in [7, 11) is 1.67. The van der Waals surface area contributed by atoms with Gasteiger partial charge in [0, 0.05) is 12.7 Å². The zero-order valence-electron chi connectivity index (χ0n) is 12.9. The minimum atomic E-state index is 0.689. The molecule has 0 amide bonds. The third kappa shape index (κ3) is 4.61. The van der Waals surface area contributed by atoms with Crippen molar-refractivity contribution < 1.29 is 9.15 Å². The number of rotatable bonds is 7. The number of pyridine rings is 1. The summed E-state index contributed by atoms with van der Waals surface area (Å²) in [5.41, 5.74) is 1.21. The average molecular weight is 326 g/mol. The molecule has 3 rings (SSSR count). The van der Waals surface area contributed by atoms with Crippen LogP contribution in [-0.2, 0) is 13.1 Å². The lowest BCUT2D eigenvalue weighted by Gasteiger charge is -2.04. The highest BCUT2D eigenvalue weighted by molar-refractivity contribution is 7.99.